The number of urea groups is 1. The van der Waals surface area contributed by atoms with Crippen LogP contribution < -0.4 is 5.32 Å². The number of anilines is 1. The van der Waals surface area contributed by atoms with Gasteiger partial charge < -0.3 is 14.7 Å². The van der Waals surface area contributed by atoms with Crippen LogP contribution in [0.15, 0.2) is 47.0 Å². The Morgan fingerprint density at radius 3 is 2.61 bits per heavy atom. The third kappa shape index (κ3) is 3.63. The van der Waals surface area contributed by atoms with Crippen molar-refractivity contribution >= 4 is 11.7 Å². The van der Waals surface area contributed by atoms with E-state index in [-0.39, 0.29) is 12.1 Å². The van der Waals surface area contributed by atoms with Gasteiger partial charge in [-0.3, -0.25) is 0 Å². The molecule has 1 aliphatic heterocycles. The second-order valence-electron chi connectivity index (χ2n) is 7.42. The van der Waals surface area contributed by atoms with Gasteiger partial charge in [-0.1, -0.05) is 52.7 Å². The first kappa shape index (κ1) is 18.2. The number of aryl methyl sites for hydroxylation is 3. The number of carbonyl (C=O) groups excluding carboxylic acids is 1. The van der Waals surface area contributed by atoms with E-state index in [2.05, 4.69) is 21.5 Å². The zero-order valence-corrected chi connectivity index (χ0v) is 16.4. The summed E-state index contributed by atoms with van der Waals surface area (Å²) in [5.41, 5.74) is 5.13. The van der Waals surface area contributed by atoms with Gasteiger partial charge in [0.1, 0.15) is 6.04 Å². The van der Waals surface area contributed by atoms with Crippen LogP contribution in [0.5, 0.6) is 0 Å². The molecule has 1 saturated heterocycles. The van der Waals surface area contributed by atoms with Crippen LogP contribution in [0.25, 0.3) is 11.4 Å². The fourth-order valence-electron chi connectivity index (χ4n) is 3.60. The van der Waals surface area contributed by atoms with Crippen LogP contribution in [-0.4, -0.2) is 27.6 Å². The molecule has 0 unspecified atom stereocenters. The summed E-state index contributed by atoms with van der Waals surface area (Å²) in [6.07, 6.45) is 1.73. The van der Waals surface area contributed by atoms with Crippen molar-refractivity contribution < 1.29 is 9.32 Å². The van der Waals surface area contributed by atoms with E-state index >= 15 is 0 Å². The minimum atomic E-state index is -0.197. The van der Waals surface area contributed by atoms with Gasteiger partial charge in [-0.05, 0) is 45.2 Å². The van der Waals surface area contributed by atoms with Gasteiger partial charge in [-0.25, -0.2) is 4.79 Å². The molecule has 2 aromatic carbocycles. The molecule has 1 aromatic heterocycles. The molecule has 28 heavy (non-hydrogen) atoms. The highest BCUT2D eigenvalue weighted by atomic mass is 16.5. The van der Waals surface area contributed by atoms with E-state index in [9.17, 15) is 4.79 Å². The summed E-state index contributed by atoms with van der Waals surface area (Å²) in [4.78, 5) is 19.2. The fourth-order valence-corrected chi connectivity index (χ4v) is 3.60. The zero-order valence-electron chi connectivity index (χ0n) is 16.4. The summed E-state index contributed by atoms with van der Waals surface area (Å²) in [5, 5.41) is 7.14. The Bertz CT molecular complexity index is 994. The van der Waals surface area contributed by atoms with Crippen molar-refractivity contribution in [3.63, 3.8) is 0 Å². The first-order valence-corrected chi connectivity index (χ1v) is 9.57. The number of benzene rings is 2. The molecule has 1 fully saturated rings. The molecule has 4 rings (SSSR count). The summed E-state index contributed by atoms with van der Waals surface area (Å²) >= 11 is 0. The van der Waals surface area contributed by atoms with E-state index in [0.29, 0.717) is 18.3 Å². The van der Waals surface area contributed by atoms with E-state index in [0.717, 1.165) is 29.7 Å². The second-order valence-corrected chi connectivity index (χ2v) is 7.42. The maximum atomic E-state index is 12.9. The Morgan fingerprint density at radius 1 is 1.11 bits per heavy atom. The van der Waals surface area contributed by atoms with Crippen LogP contribution in [0.3, 0.4) is 0 Å². The van der Waals surface area contributed by atoms with Crippen molar-refractivity contribution in [2.75, 3.05) is 11.9 Å². The molecule has 2 heterocycles. The van der Waals surface area contributed by atoms with E-state index in [1.54, 1.807) is 4.90 Å². The molecule has 144 valence electrons. The summed E-state index contributed by atoms with van der Waals surface area (Å²) in [5.74, 6) is 1.04. The molecule has 0 saturated carbocycles. The maximum Gasteiger partial charge on any atom is 0.322 e. The Balaban J connectivity index is 1.52. The number of hydrogen-bond donors (Lipinski definition) is 1. The van der Waals surface area contributed by atoms with Crippen LogP contribution in [0.2, 0.25) is 0 Å². The Labute approximate surface area is 164 Å². The number of carbonyl (C=O) groups is 1. The van der Waals surface area contributed by atoms with Gasteiger partial charge in [0.05, 0.1) is 0 Å². The van der Waals surface area contributed by atoms with Crippen molar-refractivity contribution in [1.29, 1.82) is 0 Å². The van der Waals surface area contributed by atoms with Gasteiger partial charge in [0.2, 0.25) is 11.7 Å². The Morgan fingerprint density at radius 2 is 1.86 bits per heavy atom. The lowest BCUT2D eigenvalue weighted by atomic mass is 10.1. The summed E-state index contributed by atoms with van der Waals surface area (Å²) < 4.78 is 5.52. The summed E-state index contributed by atoms with van der Waals surface area (Å²) in [7, 11) is 0. The number of likely N-dealkylation sites (tertiary alicyclic amines) is 1. The SMILES string of the molecule is Cc1ccc(-c2noc([C@H]3CCCN3C(=O)Nc3ccc(C)cc3C)n2)cc1. The van der Waals surface area contributed by atoms with Crippen molar-refractivity contribution in [2.24, 2.45) is 0 Å². The predicted octanol–water partition coefficient (Wildman–Crippen LogP) is 5.03. The third-order valence-corrected chi connectivity index (χ3v) is 5.17. The van der Waals surface area contributed by atoms with Crippen LogP contribution >= 0.6 is 0 Å². The molecule has 0 aliphatic carbocycles. The van der Waals surface area contributed by atoms with E-state index in [1.165, 1.54) is 11.1 Å². The molecule has 1 aliphatic rings. The van der Waals surface area contributed by atoms with Gasteiger partial charge in [-0.2, -0.15) is 4.98 Å². The first-order valence-electron chi connectivity index (χ1n) is 9.57. The summed E-state index contributed by atoms with van der Waals surface area (Å²) in [6, 6.07) is 13.7. The number of rotatable bonds is 3. The molecule has 0 radical (unpaired) electrons. The number of nitrogens with one attached hydrogen (secondary N) is 1. The van der Waals surface area contributed by atoms with Crippen LogP contribution in [-0.2, 0) is 0 Å². The third-order valence-electron chi connectivity index (χ3n) is 5.17. The quantitative estimate of drug-likeness (QED) is 0.696. The van der Waals surface area contributed by atoms with E-state index < -0.39 is 0 Å². The average Bonchev–Trinajstić information content (AvgIpc) is 3.33. The Kier molecular flexibility index (Phi) is 4.86. The van der Waals surface area contributed by atoms with Gasteiger partial charge >= 0.3 is 6.03 Å². The van der Waals surface area contributed by atoms with E-state index in [1.807, 2.05) is 57.2 Å². The molecule has 1 N–H and O–H groups in total. The van der Waals surface area contributed by atoms with Crippen molar-refractivity contribution in [2.45, 2.75) is 39.7 Å². The topological polar surface area (TPSA) is 71.3 Å². The van der Waals surface area contributed by atoms with Crippen molar-refractivity contribution in [3.8, 4) is 11.4 Å². The molecule has 1 atom stereocenters. The average molecular weight is 376 g/mol. The molecule has 2 amide bonds. The molecular formula is C22H24N4O2. The molecular weight excluding hydrogens is 352 g/mol. The fraction of sp³-hybridized carbons (Fsp3) is 0.318. The smallest absolute Gasteiger partial charge is 0.322 e. The standard InChI is InChI=1S/C22H24N4O2/c1-14-6-9-17(10-7-14)20-24-21(28-25-20)19-5-4-12-26(19)22(27)23-18-11-8-15(2)13-16(18)3/h6-11,13,19H,4-5,12H2,1-3H3,(H,23,27)/t19-/m1/s1. The second kappa shape index (κ2) is 7.46. The molecule has 0 bridgehead atoms. The maximum absolute atomic E-state index is 12.9. The summed E-state index contributed by atoms with van der Waals surface area (Å²) in [6.45, 7) is 6.74. The zero-order chi connectivity index (χ0) is 19.7. The first-order chi connectivity index (χ1) is 13.5. The highest BCUT2D eigenvalue weighted by Crippen LogP contribution is 2.32. The van der Waals surface area contributed by atoms with Gasteiger partial charge in [0.25, 0.3) is 0 Å². The molecule has 6 heteroatoms. The lowest BCUT2D eigenvalue weighted by Crippen LogP contribution is -2.34. The highest BCUT2D eigenvalue weighted by Gasteiger charge is 2.34. The molecule has 6 nitrogen and oxygen atoms in total. The van der Waals surface area contributed by atoms with Crippen LogP contribution in [0.4, 0.5) is 10.5 Å². The van der Waals surface area contributed by atoms with Crippen molar-refractivity contribution in [1.82, 2.24) is 15.0 Å². The normalized spacial score (nSPS) is 16.4. The predicted molar refractivity (Wildman–Crippen MR) is 108 cm³/mol. The minimum Gasteiger partial charge on any atom is -0.337 e. The number of nitrogens with zero attached hydrogens (tertiary/aromatic N) is 3. The molecule has 0 spiro atoms. The Hall–Kier alpha value is -3.15. The van der Waals surface area contributed by atoms with Crippen LogP contribution in [0.1, 0.15) is 41.5 Å². The van der Waals surface area contributed by atoms with E-state index in [4.69, 9.17) is 4.52 Å². The largest absolute Gasteiger partial charge is 0.337 e. The van der Waals surface area contributed by atoms with Gasteiger partial charge in [0, 0.05) is 17.8 Å². The highest BCUT2D eigenvalue weighted by molar-refractivity contribution is 5.90. The van der Waals surface area contributed by atoms with Crippen molar-refractivity contribution in [3.05, 3.63) is 65.0 Å². The van der Waals surface area contributed by atoms with Gasteiger partial charge in [0.15, 0.2) is 0 Å². The monoisotopic (exact) mass is 376 g/mol. The minimum absolute atomic E-state index is 0.135. The number of hydrogen-bond acceptors (Lipinski definition) is 4. The number of aromatic nitrogens is 2. The molecule has 3 aromatic rings. The van der Waals surface area contributed by atoms with Crippen LogP contribution in [0, 0.1) is 20.8 Å². The van der Waals surface area contributed by atoms with Gasteiger partial charge in [-0.15, -0.1) is 0 Å². The lowest BCUT2D eigenvalue weighted by molar-refractivity contribution is 0.193. The number of amides is 2. The lowest BCUT2D eigenvalue weighted by Gasteiger charge is -2.22.